The second-order valence-corrected chi connectivity index (χ2v) is 10.5. The van der Waals surface area contributed by atoms with Crippen LogP contribution in [0.1, 0.15) is 22.8 Å². The summed E-state index contributed by atoms with van der Waals surface area (Å²) >= 11 is 6.30. The molecule has 6 atom stereocenters. The number of nitrogens with zero attached hydrogens (tertiary/aromatic N) is 3. The van der Waals surface area contributed by atoms with Crippen molar-refractivity contribution in [2.75, 3.05) is 13.2 Å². The maximum atomic E-state index is 13.8. The van der Waals surface area contributed by atoms with Gasteiger partial charge < -0.3 is 30.1 Å². The minimum Gasteiger partial charge on any atom is -0.394 e. The number of carbonyl (C=O) groups is 1. The number of fused-ring (bicyclic) bond motifs is 1. The number of hydrogen-bond acceptors (Lipinski definition) is 8. The van der Waals surface area contributed by atoms with Crippen molar-refractivity contribution in [2.24, 2.45) is 0 Å². The number of nitrogens with one attached hydrogen (secondary N) is 1. The van der Waals surface area contributed by atoms with E-state index in [4.69, 9.17) is 21.1 Å². The molecule has 3 aromatic carbocycles. The first-order valence-electron chi connectivity index (χ1n) is 13.0. The SMILES string of the molecule is O=C(N[C@@H]1CCO[C@]12O[C@H](CO)[C@H](O)[C@H](n1cc(-c3cc(F)c(F)c(F)c3)nn1)[C@H]2O)c1cccc2c(Cl)cccc12. The van der Waals surface area contributed by atoms with Crippen molar-refractivity contribution in [2.45, 2.75) is 42.6 Å². The fourth-order valence-corrected chi connectivity index (χ4v) is 5.89. The van der Waals surface area contributed by atoms with Gasteiger partial charge in [0.1, 0.15) is 30.0 Å². The molecule has 10 nitrogen and oxygen atoms in total. The molecular formula is C28H24ClF3N4O6. The standard InChI is InChI=1S/C28H24ClF3N4O6/c29-17-6-2-3-14-15(17)4-1-5-16(14)27(40)33-22-7-8-41-28(22)26(39)24(25(38)21(12-37)42-28)36-11-20(34-35-36)13-9-18(30)23(32)19(31)10-13/h1-6,9-11,21-22,24-26,37-39H,7-8,12H2,(H,33,40)/t21-,22-,24+,25+,26-,28+/m1/s1. The molecule has 1 amide bonds. The number of hydrogen-bond donors (Lipinski definition) is 4. The molecule has 3 heterocycles. The van der Waals surface area contributed by atoms with Gasteiger partial charge in [0.15, 0.2) is 17.5 Å². The summed E-state index contributed by atoms with van der Waals surface area (Å²) in [4.78, 5) is 13.5. The van der Waals surface area contributed by atoms with Crippen LogP contribution in [-0.4, -0.2) is 79.6 Å². The Kier molecular flexibility index (Phi) is 7.41. The van der Waals surface area contributed by atoms with Gasteiger partial charge in [0.25, 0.3) is 5.91 Å². The third-order valence-corrected chi connectivity index (χ3v) is 8.05. The number of benzene rings is 3. The zero-order valence-electron chi connectivity index (χ0n) is 21.6. The maximum absolute atomic E-state index is 13.8. The zero-order valence-corrected chi connectivity index (χ0v) is 22.4. The van der Waals surface area contributed by atoms with E-state index in [1.54, 1.807) is 36.4 Å². The molecule has 1 spiro atoms. The van der Waals surface area contributed by atoms with Gasteiger partial charge in [0.2, 0.25) is 5.79 Å². The van der Waals surface area contributed by atoms with Crippen LogP contribution in [0.25, 0.3) is 22.0 Å². The smallest absolute Gasteiger partial charge is 0.252 e. The molecule has 0 bridgehead atoms. The fourth-order valence-electron chi connectivity index (χ4n) is 5.65. The van der Waals surface area contributed by atoms with Crippen LogP contribution in [0, 0.1) is 17.5 Å². The normalized spacial score (nSPS) is 27.5. The first-order chi connectivity index (χ1) is 20.1. The number of aromatic nitrogens is 3. The van der Waals surface area contributed by atoms with Crippen molar-refractivity contribution in [1.82, 2.24) is 20.3 Å². The summed E-state index contributed by atoms with van der Waals surface area (Å²) in [6.45, 7) is -0.630. The summed E-state index contributed by atoms with van der Waals surface area (Å²) in [5.74, 6) is -6.93. The number of rotatable bonds is 5. The Morgan fingerprint density at radius 3 is 2.57 bits per heavy atom. The molecule has 2 saturated heterocycles. The highest BCUT2D eigenvalue weighted by atomic mass is 35.5. The minimum atomic E-state index is -1.92. The molecule has 4 aromatic rings. The van der Waals surface area contributed by atoms with E-state index in [0.717, 1.165) is 16.8 Å². The molecule has 1 aromatic heterocycles. The summed E-state index contributed by atoms with van der Waals surface area (Å²) in [5.41, 5.74) is 0.0944. The Labute approximate surface area is 241 Å². The van der Waals surface area contributed by atoms with Crippen LogP contribution >= 0.6 is 11.6 Å². The van der Waals surface area contributed by atoms with Gasteiger partial charge in [0, 0.05) is 21.5 Å². The number of halogens is 4. The van der Waals surface area contributed by atoms with Crippen molar-refractivity contribution >= 4 is 28.3 Å². The van der Waals surface area contributed by atoms with E-state index < -0.39 is 66.1 Å². The molecule has 2 aliphatic heterocycles. The first-order valence-corrected chi connectivity index (χ1v) is 13.4. The Balaban J connectivity index is 1.33. The van der Waals surface area contributed by atoms with Crippen LogP contribution in [0.15, 0.2) is 54.7 Å². The van der Waals surface area contributed by atoms with Crippen LogP contribution < -0.4 is 5.32 Å². The van der Waals surface area contributed by atoms with Crippen molar-refractivity contribution in [3.05, 3.63) is 82.8 Å². The summed E-state index contributed by atoms with van der Waals surface area (Å²) in [6, 6.07) is 9.43. The van der Waals surface area contributed by atoms with E-state index in [1.165, 1.54) is 6.20 Å². The van der Waals surface area contributed by atoms with E-state index in [-0.39, 0.29) is 24.3 Å². The monoisotopic (exact) mass is 604 g/mol. The van der Waals surface area contributed by atoms with Gasteiger partial charge in [-0.1, -0.05) is 41.1 Å². The van der Waals surface area contributed by atoms with Gasteiger partial charge in [-0.2, -0.15) is 0 Å². The molecule has 0 saturated carbocycles. The van der Waals surface area contributed by atoms with Crippen molar-refractivity contribution in [1.29, 1.82) is 0 Å². The molecule has 14 heteroatoms. The second-order valence-electron chi connectivity index (χ2n) is 10.1. The number of aliphatic hydroxyl groups is 3. The molecule has 2 fully saturated rings. The van der Waals surface area contributed by atoms with Crippen LogP contribution in [0.4, 0.5) is 13.2 Å². The highest BCUT2D eigenvalue weighted by Crippen LogP contribution is 2.43. The average molecular weight is 605 g/mol. The van der Waals surface area contributed by atoms with Crippen LogP contribution in [0.2, 0.25) is 5.02 Å². The largest absolute Gasteiger partial charge is 0.394 e. The zero-order chi connectivity index (χ0) is 29.8. The van der Waals surface area contributed by atoms with Gasteiger partial charge in [-0.05, 0) is 36.1 Å². The highest BCUT2D eigenvalue weighted by molar-refractivity contribution is 6.36. The molecule has 42 heavy (non-hydrogen) atoms. The lowest BCUT2D eigenvalue weighted by molar-refractivity contribution is -0.344. The first kappa shape index (κ1) is 28.5. The summed E-state index contributed by atoms with van der Waals surface area (Å²) in [7, 11) is 0. The molecule has 4 N–H and O–H groups in total. The quantitative estimate of drug-likeness (QED) is 0.255. The van der Waals surface area contributed by atoms with Crippen molar-refractivity contribution in [3.63, 3.8) is 0 Å². The van der Waals surface area contributed by atoms with Gasteiger partial charge in [-0.25, -0.2) is 17.9 Å². The number of carbonyl (C=O) groups excluding carboxylic acids is 1. The lowest BCUT2D eigenvalue weighted by Gasteiger charge is -2.49. The van der Waals surface area contributed by atoms with E-state index in [9.17, 15) is 33.3 Å². The average Bonchev–Trinajstić information content (AvgIpc) is 3.62. The molecule has 220 valence electrons. The van der Waals surface area contributed by atoms with E-state index in [0.29, 0.717) is 21.4 Å². The number of aliphatic hydroxyl groups excluding tert-OH is 3. The number of ether oxygens (including phenoxy) is 2. The van der Waals surface area contributed by atoms with E-state index in [1.807, 2.05) is 0 Å². The lowest BCUT2D eigenvalue weighted by Crippen LogP contribution is -2.69. The molecule has 0 aliphatic carbocycles. The third-order valence-electron chi connectivity index (χ3n) is 7.72. The van der Waals surface area contributed by atoms with Gasteiger partial charge >= 0.3 is 0 Å². The summed E-state index contributed by atoms with van der Waals surface area (Å²) in [5, 5.41) is 45.0. The Bertz CT molecular complexity index is 1650. The van der Waals surface area contributed by atoms with Gasteiger partial charge in [-0.15, -0.1) is 5.10 Å². The van der Waals surface area contributed by atoms with Crippen LogP contribution in [0.5, 0.6) is 0 Å². The minimum absolute atomic E-state index is 0.0566. The summed E-state index contributed by atoms with van der Waals surface area (Å²) < 4.78 is 54.0. The highest BCUT2D eigenvalue weighted by Gasteiger charge is 2.62. The van der Waals surface area contributed by atoms with Gasteiger partial charge in [-0.3, -0.25) is 4.79 Å². The third kappa shape index (κ3) is 4.62. The molecule has 6 rings (SSSR count). The van der Waals surface area contributed by atoms with Gasteiger partial charge in [0.05, 0.1) is 25.5 Å². The Morgan fingerprint density at radius 1 is 1.12 bits per heavy atom. The Morgan fingerprint density at radius 2 is 1.83 bits per heavy atom. The molecular weight excluding hydrogens is 581 g/mol. The summed E-state index contributed by atoms with van der Waals surface area (Å²) in [6.07, 6.45) is -3.11. The second kappa shape index (κ2) is 10.9. The molecule has 2 aliphatic rings. The number of amides is 1. The van der Waals surface area contributed by atoms with E-state index in [2.05, 4.69) is 15.6 Å². The fraction of sp³-hybridized carbons (Fsp3) is 0.321. The molecule has 0 radical (unpaired) electrons. The van der Waals surface area contributed by atoms with E-state index >= 15 is 0 Å². The molecule has 0 unspecified atom stereocenters. The predicted octanol–water partition coefficient (Wildman–Crippen LogP) is 2.74. The van der Waals surface area contributed by atoms with Crippen LogP contribution in [0.3, 0.4) is 0 Å². The van der Waals surface area contributed by atoms with Crippen LogP contribution in [-0.2, 0) is 9.47 Å². The topological polar surface area (TPSA) is 139 Å². The van der Waals surface area contributed by atoms with Crippen molar-refractivity contribution in [3.8, 4) is 11.3 Å². The Hall–Kier alpha value is -3.59. The lowest BCUT2D eigenvalue weighted by atomic mass is 9.86. The maximum Gasteiger partial charge on any atom is 0.252 e. The predicted molar refractivity (Wildman–Crippen MR) is 142 cm³/mol. The van der Waals surface area contributed by atoms with Crippen molar-refractivity contribution < 1.29 is 42.8 Å².